The summed E-state index contributed by atoms with van der Waals surface area (Å²) in [6, 6.07) is 11.6. The Bertz CT molecular complexity index is 775. The summed E-state index contributed by atoms with van der Waals surface area (Å²) in [5, 5.41) is 2.66. The molecule has 2 aromatic rings. The minimum atomic E-state index is -0.289. The zero-order chi connectivity index (χ0) is 17.6. The van der Waals surface area contributed by atoms with Crippen molar-refractivity contribution < 1.29 is 9.53 Å². The number of aromatic nitrogens is 2. The molecule has 1 aromatic carbocycles. The number of aromatic amines is 1. The van der Waals surface area contributed by atoms with Crippen molar-refractivity contribution in [1.29, 1.82) is 0 Å². The number of morpholine rings is 1. The summed E-state index contributed by atoms with van der Waals surface area (Å²) in [6.45, 7) is 4.56. The summed E-state index contributed by atoms with van der Waals surface area (Å²) in [7, 11) is 0. The Hall–Kier alpha value is -2.51. The van der Waals surface area contributed by atoms with Gasteiger partial charge < -0.3 is 15.0 Å². The normalized spacial score (nSPS) is 18.0. The Labute approximate surface area is 146 Å². The van der Waals surface area contributed by atoms with E-state index in [-0.39, 0.29) is 24.1 Å². The summed E-state index contributed by atoms with van der Waals surface area (Å²) >= 11 is 0. The molecule has 25 heavy (non-hydrogen) atoms. The molecule has 7 nitrogen and oxygen atoms in total. The summed E-state index contributed by atoms with van der Waals surface area (Å²) < 4.78 is 5.81. The van der Waals surface area contributed by atoms with Crippen LogP contribution in [0.3, 0.4) is 0 Å². The lowest BCUT2D eigenvalue weighted by molar-refractivity contribution is -0.119. The van der Waals surface area contributed by atoms with Gasteiger partial charge in [-0.25, -0.2) is 4.98 Å². The number of nitrogens with one attached hydrogen (secondary N) is 2. The summed E-state index contributed by atoms with van der Waals surface area (Å²) in [5.74, 6) is 0.345. The molecule has 0 radical (unpaired) electrons. The average molecular weight is 342 g/mol. The molecule has 0 saturated carbocycles. The van der Waals surface area contributed by atoms with Crippen molar-refractivity contribution in [2.24, 2.45) is 0 Å². The SMILES string of the molecule is CC(=O)NCc1cc(=O)[nH]c([C@@H]2CN(Cc3ccccc3)CCO2)n1. The predicted octanol–water partition coefficient (Wildman–Crippen LogP) is 0.979. The first-order valence-electron chi connectivity index (χ1n) is 8.32. The molecule has 1 aliphatic heterocycles. The third kappa shape index (κ3) is 4.98. The Morgan fingerprint density at radius 2 is 2.20 bits per heavy atom. The fraction of sp³-hybridized carbons (Fsp3) is 0.389. The maximum Gasteiger partial charge on any atom is 0.251 e. The van der Waals surface area contributed by atoms with Crippen molar-refractivity contribution in [3.63, 3.8) is 0 Å². The molecule has 132 valence electrons. The van der Waals surface area contributed by atoms with Crippen LogP contribution < -0.4 is 10.9 Å². The highest BCUT2D eigenvalue weighted by atomic mass is 16.5. The average Bonchev–Trinajstić information content (AvgIpc) is 2.61. The topological polar surface area (TPSA) is 87.3 Å². The van der Waals surface area contributed by atoms with E-state index in [1.807, 2.05) is 18.2 Å². The minimum absolute atomic E-state index is 0.161. The molecular formula is C18H22N4O3. The van der Waals surface area contributed by atoms with E-state index in [1.165, 1.54) is 18.6 Å². The molecule has 1 aliphatic rings. The maximum atomic E-state index is 11.9. The number of rotatable bonds is 5. The van der Waals surface area contributed by atoms with Gasteiger partial charge in [0.1, 0.15) is 11.9 Å². The van der Waals surface area contributed by atoms with Crippen LogP contribution in [0.15, 0.2) is 41.2 Å². The van der Waals surface area contributed by atoms with Gasteiger partial charge in [0.05, 0.1) is 18.8 Å². The Morgan fingerprint density at radius 3 is 2.96 bits per heavy atom. The third-order valence-corrected chi connectivity index (χ3v) is 4.04. The second kappa shape index (κ2) is 8.04. The van der Waals surface area contributed by atoms with Crippen LogP contribution in [-0.2, 0) is 22.6 Å². The van der Waals surface area contributed by atoms with Gasteiger partial charge in [0, 0.05) is 32.6 Å². The van der Waals surface area contributed by atoms with Crippen LogP contribution in [0.2, 0.25) is 0 Å². The Balaban J connectivity index is 1.70. The first-order valence-corrected chi connectivity index (χ1v) is 8.32. The van der Waals surface area contributed by atoms with Crippen LogP contribution in [0.25, 0.3) is 0 Å². The van der Waals surface area contributed by atoms with Gasteiger partial charge in [-0.2, -0.15) is 0 Å². The van der Waals surface area contributed by atoms with Gasteiger partial charge in [0.25, 0.3) is 5.56 Å². The van der Waals surface area contributed by atoms with E-state index in [1.54, 1.807) is 0 Å². The minimum Gasteiger partial charge on any atom is -0.368 e. The number of amides is 1. The number of benzene rings is 1. The van der Waals surface area contributed by atoms with E-state index in [0.29, 0.717) is 24.7 Å². The number of carbonyl (C=O) groups excluding carboxylic acids is 1. The number of hydrogen-bond donors (Lipinski definition) is 2. The van der Waals surface area contributed by atoms with Crippen molar-refractivity contribution in [2.75, 3.05) is 19.7 Å². The largest absolute Gasteiger partial charge is 0.368 e. The molecule has 0 unspecified atom stereocenters. The lowest BCUT2D eigenvalue weighted by Gasteiger charge is -2.32. The van der Waals surface area contributed by atoms with E-state index < -0.39 is 0 Å². The molecular weight excluding hydrogens is 320 g/mol. The molecule has 1 atom stereocenters. The van der Waals surface area contributed by atoms with Gasteiger partial charge in [0.15, 0.2) is 0 Å². The summed E-state index contributed by atoms with van der Waals surface area (Å²) in [5.41, 5.74) is 1.52. The smallest absolute Gasteiger partial charge is 0.251 e. The van der Waals surface area contributed by atoms with Crippen LogP contribution in [0, 0.1) is 0 Å². The second-order valence-corrected chi connectivity index (χ2v) is 6.11. The Morgan fingerprint density at radius 1 is 1.40 bits per heavy atom. The van der Waals surface area contributed by atoms with Crippen LogP contribution in [0.1, 0.15) is 30.1 Å². The van der Waals surface area contributed by atoms with Gasteiger partial charge in [-0.1, -0.05) is 30.3 Å². The molecule has 1 aromatic heterocycles. The first-order chi connectivity index (χ1) is 12.1. The molecule has 0 aliphatic carbocycles. The monoisotopic (exact) mass is 342 g/mol. The lowest BCUT2D eigenvalue weighted by atomic mass is 10.2. The van der Waals surface area contributed by atoms with Gasteiger partial charge in [-0.15, -0.1) is 0 Å². The van der Waals surface area contributed by atoms with Gasteiger partial charge >= 0.3 is 0 Å². The first kappa shape index (κ1) is 17.3. The van der Waals surface area contributed by atoms with E-state index in [0.717, 1.165) is 13.1 Å². The van der Waals surface area contributed by atoms with Crippen LogP contribution in [0.5, 0.6) is 0 Å². The highest BCUT2D eigenvalue weighted by Crippen LogP contribution is 2.20. The molecule has 3 rings (SSSR count). The van der Waals surface area contributed by atoms with Crippen molar-refractivity contribution >= 4 is 5.91 Å². The molecule has 2 heterocycles. The fourth-order valence-corrected chi connectivity index (χ4v) is 2.84. The van der Waals surface area contributed by atoms with Crippen LogP contribution in [-0.4, -0.2) is 40.5 Å². The molecule has 1 amide bonds. The van der Waals surface area contributed by atoms with Gasteiger partial charge in [-0.3, -0.25) is 14.5 Å². The predicted molar refractivity (Wildman–Crippen MR) is 92.8 cm³/mol. The fourth-order valence-electron chi connectivity index (χ4n) is 2.84. The molecule has 0 spiro atoms. The summed E-state index contributed by atoms with van der Waals surface area (Å²) in [4.78, 5) is 32.4. The number of H-pyrrole nitrogens is 1. The van der Waals surface area contributed by atoms with E-state index in [4.69, 9.17) is 4.74 Å². The van der Waals surface area contributed by atoms with Crippen molar-refractivity contribution in [3.8, 4) is 0 Å². The van der Waals surface area contributed by atoms with Crippen molar-refractivity contribution in [3.05, 3.63) is 63.8 Å². The highest BCUT2D eigenvalue weighted by Gasteiger charge is 2.24. The molecule has 7 heteroatoms. The lowest BCUT2D eigenvalue weighted by Crippen LogP contribution is -2.39. The number of nitrogens with zero attached hydrogens (tertiary/aromatic N) is 2. The van der Waals surface area contributed by atoms with Gasteiger partial charge in [-0.05, 0) is 5.56 Å². The molecule has 2 N–H and O–H groups in total. The maximum absolute atomic E-state index is 11.9. The third-order valence-electron chi connectivity index (χ3n) is 4.04. The number of ether oxygens (including phenoxy) is 1. The summed E-state index contributed by atoms with van der Waals surface area (Å²) in [6.07, 6.45) is -0.289. The van der Waals surface area contributed by atoms with Gasteiger partial charge in [0.2, 0.25) is 5.91 Å². The van der Waals surface area contributed by atoms with Crippen molar-refractivity contribution in [2.45, 2.75) is 26.1 Å². The van der Waals surface area contributed by atoms with Crippen LogP contribution in [0.4, 0.5) is 0 Å². The second-order valence-electron chi connectivity index (χ2n) is 6.11. The highest BCUT2D eigenvalue weighted by molar-refractivity contribution is 5.72. The van der Waals surface area contributed by atoms with Crippen molar-refractivity contribution in [1.82, 2.24) is 20.2 Å². The standard InChI is InChI=1S/C18H22N4O3/c1-13(23)19-10-15-9-17(24)21-18(20-15)16-12-22(7-8-25-16)11-14-5-3-2-4-6-14/h2-6,9,16H,7-8,10-12H2,1H3,(H,19,23)(H,20,21,24)/t16-/m0/s1. The van der Waals surface area contributed by atoms with E-state index in [9.17, 15) is 9.59 Å². The zero-order valence-electron chi connectivity index (χ0n) is 14.2. The van der Waals surface area contributed by atoms with Crippen LogP contribution >= 0.6 is 0 Å². The molecule has 1 fully saturated rings. The number of carbonyl (C=O) groups is 1. The molecule has 0 bridgehead atoms. The van der Waals surface area contributed by atoms with E-state index in [2.05, 4.69) is 32.3 Å². The zero-order valence-corrected chi connectivity index (χ0v) is 14.2. The quantitative estimate of drug-likeness (QED) is 0.846. The Kier molecular flexibility index (Phi) is 5.57. The molecule has 1 saturated heterocycles. The van der Waals surface area contributed by atoms with E-state index >= 15 is 0 Å². The number of hydrogen-bond acceptors (Lipinski definition) is 5.